The topological polar surface area (TPSA) is 0 Å². The van der Waals surface area contributed by atoms with Crippen molar-refractivity contribution >= 4 is 32.3 Å². The van der Waals surface area contributed by atoms with Crippen LogP contribution in [0.2, 0.25) is 0 Å². The Balaban J connectivity index is 1.77. The summed E-state index contributed by atoms with van der Waals surface area (Å²) in [6, 6.07) is -27.7. The lowest BCUT2D eigenvalue weighted by atomic mass is 9.84. The van der Waals surface area contributed by atoms with E-state index >= 15 is 0 Å². The van der Waals surface area contributed by atoms with Crippen LogP contribution in [-0.2, 0) is 0 Å². The molecule has 0 heterocycles. The number of hydrogen-bond acceptors (Lipinski definition) is 0. The van der Waals surface area contributed by atoms with Gasteiger partial charge < -0.3 is 0 Å². The zero-order chi connectivity index (χ0) is 52.2. The first-order valence-electron chi connectivity index (χ1n) is 26.2. The molecule has 0 radical (unpaired) electrons. The minimum Gasteiger partial charge on any atom is -0.0622 e. The van der Waals surface area contributed by atoms with E-state index in [-0.39, 0.29) is 0 Å². The van der Waals surface area contributed by atoms with Crippen LogP contribution in [0.4, 0.5) is 0 Å². The Morgan fingerprint density at radius 1 is 0.286 bits per heavy atom. The van der Waals surface area contributed by atoms with Crippen molar-refractivity contribution in [3.8, 4) is 44.5 Å². The Morgan fingerprint density at radius 3 is 1.45 bits per heavy atom. The lowest BCUT2D eigenvalue weighted by Crippen LogP contribution is -1.92. The van der Waals surface area contributed by atoms with Crippen LogP contribution in [0.15, 0.2) is 169 Å². The van der Waals surface area contributed by atoms with Crippen molar-refractivity contribution in [2.75, 3.05) is 0 Å². The molecule has 8 rings (SSSR count). The maximum absolute atomic E-state index is 10.0. The lowest BCUT2D eigenvalue weighted by Gasteiger charge is -2.19. The molecule has 0 fully saturated rings. The van der Waals surface area contributed by atoms with Gasteiger partial charge >= 0.3 is 0 Å². The van der Waals surface area contributed by atoms with Gasteiger partial charge in [-0.3, -0.25) is 0 Å². The molecule has 0 aliphatic carbocycles. The fourth-order valence-electron chi connectivity index (χ4n) is 4.66. The van der Waals surface area contributed by atoms with Crippen molar-refractivity contribution in [3.05, 3.63) is 169 Å². The normalized spacial score (nSPS) is 20.7. The highest BCUT2D eigenvalue weighted by Gasteiger charge is 2.18. The second-order valence-corrected chi connectivity index (χ2v) is 8.75. The van der Waals surface area contributed by atoms with Crippen LogP contribution < -0.4 is 0 Å². The SMILES string of the molecule is [2H]c1c([2H])c([2H])c(-c2c([2H])c([2H])c(-c3c4c([2H])c([2H])c([2H])c([2H])c4c(-c4c([2H])c([2H])c([2H])c([2H])c4[2H])c4c([2H])c(-c5c([2H])c([2H])c([2H])c6c([2H])c([2H])c([2H])c([2H])c56)c([2H])c([2H])c34)c([2H])c2[2H])c([2H])c1[2H]. The average molecular weight is 561 g/mol. The lowest BCUT2D eigenvalue weighted by molar-refractivity contribution is 1.61. The molecular weight excluding hydrogens is 504 g/mol. The Bertz CT molecular complexity index is 3710. The Kier molecular flexibility index (Phi) is 2.19. The summed E-state index contributed by atoms with van der Waals surface area (Å²) in [6.07, 6.45) is 0. The van der Waals surface area contributed by atoms with Crippen LogP contribution in [0.1, 0.15) is 38.4 Å². The molecule has 0 aliphatic heterocycles. The molecular formula is C42H28. The Hall–Kier alpha value is -5.46. The van der Waals surface area contributed by atoms with Crippen molar-refractivity contribution in [2.24, 2.45) is 0 Å². The van der Waals surface area contributed by atoms with E-state index in [0.29, 0.717) is 0 Å². The Morgan fingerprint density at radius 2 is 0.738 bits per heavy atom. The van der Waals surface area contributed by atoms with Gasteiger partial charge in [-0.2, -0.15) is 0 Å². The van der Waals surface area contributed by atoms with Crippen molar-refractivity contribution in [1.29, 1.82) is 0 Å². The third kappa shape index (κ3) is 4.08. The molecule has 0 heteroatoms. The van der Waals surface area contributed by atoms with Crippen LogP contribution in [0, 0.1) is 0 Å². The molecule has 0 amide bonds. The van der Waals surface area contributed by atoms with E-state index < -0.39 is 246 Å². The highest BCUT2D eigenvalue weighted by atomic mass is 14.2. The molecule has 0 spiro atoms. The molecule has 0 nitrogen and oxygen atoms in total. The molecule has 0 saturated carbocycles. The van der Waals surface area contributed by atoms with Crippen molar-refractivity contribution < 1.29 is 38.4 Å². The van der Waals surface area contributed by atoms with Gasteiger partial charge in [0.05, 0.1) is 38.4 Å². The van der Waals surface area contributed by atoms with E-state index in [1.807, 2.05) is 0 Å². The first kappa shape index (κ1) is 9.02. The third-order valence-electron chi connectivity index (χ3n) is 6.44. The molecule has 196 valence electrons. The predicted molar refractivity (Wildman–Crippen MR) is 181 cm³/mol. The molecule has 8 aromatic rings. The van der Waals surface area contributed by atoms with Gasteiger partial charge in [-0.25, -0.2) is 0 Å². The van der Waals surface area contributed by atoms with Crippen LogP contribution >= 0.6 is 0 Å². The number of rotatable bonds is 4. The largest absolute Gasteiger partial charge is 0.0636 e. The summed E-state index contributed by atoms with van der Waals surface area (Å²) in [4.78, 5) is 0. The number of hydrogen-bond donors (Lipinski definition) is 0. The van der Waals surface area contributed by atoms with Gasteiger partial charge in [0, 0.05) is 0 Å². The van der Waals surface area contributed by atoms with Gasteiger partial charge in [0.1, 0.15) is 0 Å². The summed E-state index contributed by atoms with van der Waals surface area (Å²) >= 11 is 0. The summed E-state index contributed by atoms with van der Waals surface area (Å²) in [5.74, 6) is 0. The number of benzene rings is 8. The third-order valence-corrected chi connectivity index (χ3v) is 6.44. The smallest absolute Gasteiger partial charge is 0.0622 e. The van der Waals surface area contributed by atoms with Gasteiger partial charge in [0.15, 0.2) is 0 Å². The van der Waals surface area contributed by atoms with E-state index in [2.05, 4.69) is 0 Å². The molecule has 0 bridgehead atoms. The number of fused-ring (bicyclic) bond motifs is 3. The van der Waals surface area contributed by atoms with Gasteiger partial charge in [-0.05, 0) is 82.9 Å². The fraction of sp³-hybridized carbons (Fsp3) is 0. The van der Waals surface area contributed by atoms with Gasteiger partial charge in [-0.15, -0.1) is 0 Å². The zero-order valence-corrected chi connectivity index (χ0v) is 21.0. The summed E-state index contributed by atoms with van der Waals surface area (Å²) in [5, 5.41) is -4.58. The van der Waals surface area contributed by atoms with Gasteiger partial charge in [0.2, 0.25) is 0 Å². The quantitative estimate of drug-likeness (QED) is 0.188. The van der Waals surface area contributed by atoms with Crippen molar-refractivity contribution in [3.63, 3.8) is 0 Å². The highest BCUT2D eigenvalue weighted by molar-refractivity contribution is 6.22. The summed E-state index contributed by atoms with van der Waals surface area (Å²) in [7, 11) is 0. The van der Waals surface area contributed by atoms with Crippen molar-refractivity contribution in [2.45, 2.75) is 0 Å². The molecule has 0 N–H and O–H groups in total. The summed E-state index contributed by atoms with van der Waals surface area (Å²) < 4.78 is 249. The van der Waals surface area contributed by atoms with E-state index in [0.717, 1.165) is 0 Å². The second kappa shape index (κ2) is 10.2. The molecule has 0 aromatic heterocycles. The zero-order valence-electron chi connectivity index (χ0n) is 49.0. The maximum atomic E-state index is 10.0. The van der Waals surface area contributed by atoms with Crippen molar-refractivity contribution in [1.82, 2.24) is 0 Å². The van der Waals surface area contributed by atoms with E-state index in [9.17, 15) is 12.3 Å². The first-order chi connectivity index (χ1) is 32.5. The van der Waals surface area contributed by atoms with Gasteiger partial charge in [-0.1, -0.05) is 163 Å². The van der Waals surface area contributed by atoms with Gasteiger partial charge in [0.25, 0.3) is 0 Å². The van der Waals surface area contributed by atoms with E-state index in [1.54, 1.807) is 0 Å². The maximum Gasteiger partial charge on any atom is 0.0636 e. The predicted octanol–water partition coefficient (Wildman–Crippen LogP) is 11.8. The highest BCUT2D eigenvalue weighted by Crippen LogP contribution is 2.45. The molecule has 0 saturated heterocycles. The molecule has 0 unspecified atom stereocenters. The minimum atomic E-state index is -1.12. The second-order valence-electron chi connectivity index (χ2n) is 8.75. The first-order valence-corrected chi connectivity index (χ1v) is 12.2. The van der Waals surface area contributed by atoms with Crippen LogP contribution in [0.3, 0.4) is 0 Å². The minimum absolute atomic E-state index is 0.644. The van der Waals surface area contributed by atoms with Crippen LogP contribution in [-0.4, -0.2) is 0 Å². The monoisotopic (exact) mass is 560 g/mol. The molecule has 0 aliphatic rings. The molecule has 0 atom stereocenters. The standard InChI is InChI=1S/C42H28/c1-3-12-29(13-4-1)30-22-24-33(25-23-30)41-37-19-9-10-20-38(37)42(32-15-5-2-6-16-32)40-28-34(26-27-39(40)41)36-21-11-17-31-14-7-8-18-35(31)36/h1-28H/i1D,2D,3D,4D,5D,6D,7D,8D,9D,10D,11D,12D,13D,14D,15D,16D,17D,18D,19D,20D,21D,22D,23D,24D,25D,26D,27D,28D. The summed E-state index contributed by atoms with van der Waals surface area (Å²) in [6.45, 7) is 0. The van der Waals surface area contributed by atoms with E-state index in [1.165, 1.54) is 0 Å². The van der Waals surface area contributed by atoms with E-state index in [4.69, 9.17) is 26.0 Å². The summed E-state index contributed by atoms with van der Waals surface area (Å²) in [5.41, 5.74) is -6.65. The van der Waals surface area contributed by atoms with Crippen LogP contribution in [0.5, 0.6) is 0 Å². The Labute approximate surface area is 285 Å². The molecule has 8 aromatic carbocycles. The van der Waals surface area contributed by atoms with Crippen LogP contribution in [0.25, 0.3) is 76.8 Å². The fourth-order valence-corrected chi connectivity index (χ4v) is 4.66. The molecule has 42 heavy (non-hydrogen) atoms. The average Bonchev–Trinajstić information content (AvgIpc) is 3.32.